The number of carbonyl (C=O) groups is 2. The molecule has 0 aliphatic rings. The maximum absolute atomic E-state index is 12.3. The molecule has 0 radical (unpaired) electrons. The average molecular weight is 428 g/mol. The van der Waals surface area contributed by atoms with Crippen LogP contribution in [0.15, 0.2) is 48.5 Å². The minimum atomic E-state index is -0.211. The highest BCUT2D eigenvalue weighted by Gasteiger charge is 2.14. The van der Waals surface area contributed by atoms with E-state index in [2.05, 4.69) is 10.6 Å². The van der Waals surface area contributed by atoms with E-state index in [0.29, 0.717) is 31.3 Å². The zero-order chi connectivity index (χ0) is 22.6. The monoisotopic (exact) mass is 427 g/mol. The molecule has 0 aliphatic heterocycles. The standard InChI is InChI=1S/C24H33N3O4/c1-5-30-21-13-12-20(16-22(21)31-6-2)18(3)26-23(28)14-15-25-24(29)27(4)17-19-10-8-7-9-11-19/h7-13,16,18H,5-6,14-15,17H2,1-4H3,(H,25,29)(H,26,28). The highest BCUT2D eigenvalue weighted by atomic mass is 16.5. The van der Waals surface area contributed by atoms with E-state index < -0.39 is 0 Å². The quantitative estimate of drug-likeness (QED) is 0.570. The summed E-state index contributed by atoms with van der Waals surface area (Å²) in [4.78, 5) is 26.1. The molecule has 1 unspecified atom stereocenters. The predicted molar refractivity (Wildman–Crippen MR) is 121 cm³/mol. The molecule has 31 heavy (non-hydrogen) atoms. The van der Waals surface area contributed by atoms with Crippen molar-refractivity contribution in [3.63, 3.8) is 0 Å². The van der Waals surface area contributed by atoms with Gasteiger partial charge in [0.1, 0.15) is 0 Å². The molecule has 2 aromatic carbocycles. The van der Waals surface area contributed by atoms with Gasteiger partial charge in [0.25, 0.3) is 0 Å². The smallest absolute Gasteiger partial charge is 0.317 e. The molecule has 7 heteroatoms. The molecule has 0 fully saturated rings. The molecule has 0 saturated carbocycles. The molecule has 2 N–H and O–H groups in total. The second-order valence-electron chi connectivity index (χ2n) is 7.18. The first-order chi connectivity index (χ1) is 14.9. The van der Waals surface area contributed by atoms with E-state index >= 15 is 0 Å². The molecule has 0 bridgehead atoms. The lowest BCUT2D eigenvalue weighted by molar-refractivity contribution is -0.121. The van der Waals surface area contributed by atoms with E-state index in [1.807, 2.05) is 69.3 Å². The topological polar surface area (TPSA) is 79.9 Å². The summed E-state index contributed by atoms with van der Waals surface area (Å²) in [7, 11) is 1.73. The minimum Gasteiger partial charge on any atom is -0.490 e. The molecule has 0 aromatic heterocycles. The lowest BCUT2D eigenvalue weighted by Crippen LogP contribution is -2.39. The number of benzene rings is 2. The summed E-state index contributed by atoms with van der Waals surface area (Å²) in [6.45, 7) is 7.61. The summed E-state index contributed by atoms with van der Waals surface area (Å²) >= 11 is 0. The zero-order valence-electron chi connectivity index (χ0n) is 18.8. The van der Waals surface area contributed by atoms with Crippen molar-refractivity contribution in [1.82, 2.24) is 15.5 Å². The number of hydrogen-bond donors (Lipinski definition) is 2. The van der Waals surface area contributed by atoms with Crippen molar-refractivity contribution in [2.24, 2.45) is 0 Å². The Bertz CT molecular complexity index is 842. The Balaban J connectivity index is 1.80. The third-order valence-corrected chi connectivity index (χ3v) is 4.68. The number of rotatable bonds is 11. The number of nitrogens with one attached hydrogen (secondary N) is 2. The first-order valence-corrected chi connectivity index (χ1v) is 10.7. The Kier molecular flexibility index (Phi) is 9.68. The van der Waals surface area contributed by atoms with Crippen LogP contribution < -0.4 is 20.1 Å². The van der Waals surface area contributed by atoms with Crippen molar-refractivity contribution >= 4 is 11.9 Å². The molecule has 0 saturated heterocycles. The van der Waals surface area contributed by atoms with Crippen molar-refractivity contribution in [3.8, 4) is 11.5 Å². The van der Waals surface area contributed by atoms with Gasteiger partial charge in [-0.05, 0) is 44.0 Å². The Morgan fingerprint density at radius 3 is 2.35 bits per heavy atom. The highest BCUT2D eigenvalue weighted by molar-refractivity contribution is 5.78. The van der Waals surface area contributed by atoms with Gasteiger partial charge in [-0.15, -0.1) is 0 Å². The van der Waals surface area contributed by atoms with Crippen LogP contribution in [0.25, 0.3) is 0 Å². The summed E-state index contributed by atoms with van der Waals surface area (Å²) in [5.74, 6) is 1.22. The normalized spacial score (nSPS) is 11.4. The summed E-state index contributed by atoms with van der Waals surface area (Å²) in [5.41, 5.74) is 1.97. The SMILES string of the molecule is CCOc1ccc(C(C)NC(=O)CCNC(=O)N(C)Cc2ccccc2)cc1OCC. The Labute approximate surface area is 184 Å². The van der Waals surface area contributed by atoms with E-state index in [9.17, 15) is 9.59 Å². The average Bonchev–Trinajstić information content (AvgIpc) is 2.75. The van der Waals surface area contributed by atoms with E-state index in [-0.39, 0.29) is 30.9 Å². The first kappa shape index (κ1) is 24.1. The van der Waals surface area contributed by atoms with Crippen molar-refractivity contribution in [2.75, 3.05) is 26.8 Å². The third-order valence-electron chi connectivity index (χ3n) is 4.68. The summed E-state index contributed by atoms with van der Waals surface area (Å²) in [6.07, 6.45) is 0.199. The van der Waals surface area contributed by atoms with E-state index in [4.69, 9.17) is 9.47 Å². The Morgan fingerprint density at radius 2 is 1.68 bits per heavy atom. The van der Waals surface area contributed by atoms with Crippen LogP contribution in [0, 0.1) is 0 Å². The van der Waals surface area contributed by atoms with Gasteiger partial charge in [-0.25, -0.2) is 4.79 Å². The summed E-state index contributed by atoms with van der Waals surface area (Å²) in [5, 5.41) is 5.74. The minimum absolute atomic E-state index is 0.134. The molecule has 0 heterocycles. The van der Waals surface area contributed by atoms with E-state index in [1.54, 1.807) is 11.9 Å². The van der Waals surface area contributed by atoms with Crippen LogP contribution in [0.5, 0.6) is 11.5 Å². The maximum atomic E-state index is 12.3. The van der Waals surface area contributed by atoms with Gasteiger partial charge in [-0.2, -0.15) is 0 Å². The maximum Gasteiger partial charge on any atom is 0.317 e. The fraction of sp³-hybridized carbons (Fsp3) is 0.417. The van der Waals surface area contributed by atoms with E-state index in [0.717, 1.165) is 11.1 Å². The fourth-order valence-corrected chi connectivity index (χ4v) is 3.08. The van der Waals surface area contributed by atoms with Crippen LogP contribution in [-0.2, 0) is 11.3 Å². The highest BCUT2D eigenvalue weighted by Crippen LogP contribution is 2.30. The van der Waals surface area contributed by atoms with Crippen LogP contribution in [-0.4, -0.2) is 43.6 Å². The van der Waals surface area contributed by atoms with Gasteiger partial charge in [-0.3, -0.25) is 4.79 Å². The number of hydrogen-bond acceptors (Lipinski definition) is 4. The number of carbonyl (C=O) groups excluding carboxylic acids is 2. The van der Waals surface area contributed by atoms with E-state index in [1.165, 1.54) is 0 Å². The second-order valence-corrected chi connectivity index (χ2v) is 7.18. The number of urea groups is 1. The molecule has 0 spiro atoms. The molecule has 2 rings (SSSR count). The van der Waals surface area contributed by atoms with Gasteiger partial charge in [0.2, 0.25) is 5.91 Å². The lowest BCUT2D eigenvalue weighted by Gasteiger charge is -2.19. The van der Waals surface area contributed by atoms with Gasteiger partial charge in [-0.1, -0.05) is 36.4 Å². The molecule has 1 atom stereocenters. The van der Waals surface area contributed by atoms with Gasteiger partial charge in [0.05, 0.1) is 19.3 Å². The fourth-order valence-electron chi connectivity index (χ4n) is 3.08. The third kappa shape index (κ3) is 7.85. The summed E-state index contributed by atoms with van der Waals surface area (Å²) < 4.78 is 11.2. The van der Waals surface area contributed by atoms with Crippen LogP contribution in [0.2, 0.25) is 0 Å². The number of nitrogens with zero attached hydrogens (tertiary/aromatic N) is 1. The van der Waals surface area contributed by atoms with Crippen LogP contribution in [0.4, 0.5) is 4.79 Å². The molecule has 2 aromatic rings. The van der Waals surface area contributed by atoms with Crippen molar-refractivity contribution < 1.29 is 19.1 Å². The molecule has 168 valence electrons. The Hall–Kier alpha value is -3.22. The molecular weight excluding hydrogens is 394 g/mol. The Morgan fingerprint density at radius 1 is 1.00 bits per heavy atom. The van der Waals surface area contributed by atoms with Gasteiger partial charge in [0.15, 0.2) is 11.5 Å². The summed E-state index contributed by atoms with van der Waals surface area (Å²) in [6, 6.07) is 15.0. The van der Waals surface area contributed by atoms with Gasteiger partial charge < -0.3 is 25.0 Å². The molecular formula is C24H33N3O4. The number of ether oxygens (including phenoxy) is 2. The largest absolute Gasteiger partial charge is 0.490 e. The molecule has 3 amide bonds. The van der Waals surface area contributed by atoms with Crippen molar-refractivity contribution in [2.45, 2.75) is 39.8 Å². The zero-order valence-corrected chi connectivity index (χ0v) is 18.8. The van der Waals surface area contributed by atoms with Crippen LogP contribution in [0.3, 0.4) is 0 Å². The lowest BCUT2D eigenvalue weighted by atomic mass is 10.1. The molecule has 7 nitrogen and oxygen atoms in total. The first-order valence-electron chi connectivity index (χ1n) is 10.7. The van der Waals surface area contributed by atoms with Crippen LogP contribution in [0.1, 0.15) is 44.4 Å². The van der Waals surface area contributed by atoms with Gasteiger partial charge in [0, 0.05) is 26.6 Å². The van der Waals surface area contributed by atoms with Crippen molar-refractivity contribution in [1.29, 1.82) is 0 Å². The second kappa shape index (κ2) is 12.5. The van der Waals surface area contributed by atoms with Gasteiger partial charge >= 0.3 is 6.03 Å². The van der Waals surface area contributed by atoms with Crippen molar-refractivity contribution in [3.05, 3.63) is 59.7 Å². The number of amides is 3. The van der Waals surface area contributed by atoms with Crippen LogP contribution >= 0.6 is 0 Å². The molecule has 0 aliphatic carbocycles. The predicted octanol–water partition coefficient (Wildman–Crippen LogP) is 3.89.